The molecule has 1 aromatic heterocycles. The van der Waals surface area contributed by atoms with Gasteiger partial charge in [0.2, 0.25) is 0 Å². The zero-order valence-corrected chi connectivity index (χ0v) is 28.3. The van der Waals surface area contributed by atoms with Gasteiger partial charge in [0.25, 0.3) is 5.91 Å². The number of thiazole rings is 1. The van der Waals surface area contributed by atoms with Crippen LogP contribution < -0.4 is 20.3 Å². The molecule has 1 atom stereocenters. The molecule has 0 bridgehead atoms. The number of aliphatic carboxylic acids is 1. The molecule has 0 saturated carbocycles. The Morgan fingerprint density at radius 2 is 1.71 bits per heavy atom. The van der Waals surface area contributed by atoms with Crippen molar-refractivity contribution in [3.63, 3.8) is 0 Å². The number of fused-ring (bicyclic) bond motifs is 1. The lowest BCUT2D eigenvalue weighted by Crippen LogP contribution is -2.36. The monoisotopic (exact) mass is 730 g/mol. The molecule has 14 heteroatoms. The van der Waals surface area contributed by atoms with Crippen LogP contribution in [0.3, 0.4) is 0 Å². The standard InChI is InChI=1S/C38H33F3N4O6S/c39-38(40,41)51-32-19-16-27(20-29(32)35-44-30-8-4-5-9-33(30)52-35)43-37(50)45(28-17-14-25(15-18-28)24-6-2-1-3-7-24)22-23-10-12-26(13-11-23)34(47)42-21-31(46)36(48)49/h4-6,8-20,31,46H,1-3,7,21-22H2,(H,42,47)(H,43,50)(H,48,49)/t31-/m1/s1. The number of urea groups is 1. The molecule has 0 unspecified atom stereocenters. The average molecular weight is 731 g/mol. The number of aromatic nitrogens is 1. The molecule has 0 saturated heterocycles. The first-order valence-electron chi connectivity index (χ1n) is 16.4. The maximum atomic E-state index is 14.0. The van der Waals surface area contributed by atoms with E-state index in [2.05, 4.69) is 26.4 Å². The first kappa shape index (κ1) is 36.1. The number of amides is 3. The summed E-state index contributed by atoms with van der Waals surface area (Å²) in [4.78, 5) is 43.4. The SMILES string of the molecule is O=C(NC[C@@H](O)C(=O)O)c1ccc(CN(C(=O)Nc2ccc(OC(F)(F)F)c(-c3nc4ccccc4s3)c2)c2ccc(C3=CCCCC3)cc2)cc1. The highest BCUT2D eigenvalue weighted by Gasteiger charge is 2.33. The lowest BCUT2D eigenvalue weighted by Gasteiger charge is -2.24. The first-order chi connectivity index (χ1) is 24.9. The van der Waals surface area contributed by atoms with Crippen molar-refractivity contribution in [3.05, 3.63) is 114 Å². The van der Waals surface area contributed by atoms with Gasteiger partial charge in [0.15, 0.2) is 6.10 Å². The number of hydrogen-bond acceptors (Lipinski definition) is 7. The number of nitrogens with zero attached hydrogens (tertiary/aromatic N) is 2. The van der Waals surface area contributed by atoms with Crippen LogP contribution in [0.5, 0.6) is 5.75 Å². The largest absolute Gasteiger partial charge is 0.573 e. The number of para-hydroxylation sites is 1. The summed E-state index contributed by atoms with van der Waals surface area (Å²) in [6, 6.07) is 24.3. The quantitative estimate of drug-likeness (QED) is 0.107. The number of aliphatic hydroxyl groups excluding tert-OH is 1. The number of halogens is 3. The van der Waals surface area contributed by atoms with Gasteiger partial charge in [-0.1, -0.05) is 42.5 Å². The molecule has 0 spiro atoms. The maximum absolute atomic E-state index is 14.0. The Kier molecular flexibility index (Phi) is 10.9. The molecular formula is C38H33F3N4O6S. The van der Waals surface area contributed by atoms with Crippen LogP contribution in [-0.2, 0) is 11.3 Å². The Hall–Kier alpha value is -5.73. The van der Waals surface area contributed by atoms with Crippen molar-refractivity contribution in [1.82, 2.24) is 10.3 Å². The first-order valence-corrected chi connectivity index (χ1v) is 17.2. The van der Waals surface area contributed by atoms with Crippen molar-refractivity contribution < 1.29 is 42.5 Å². The molecular weight excluding hydrogens is 698 g/mol. The van der Waals surface area contributed by atoms with E-state index in [9.17, 15) is 32.7 Å². The summed E-state index contributed by atoms with van der Waals surface area (Å²) < 4.78 is 45.3. The van der Waals surface area contributed by atoms with Crippen LogP contribution in [0.4, 0.5) is 29.3 Å². The van der Waals surface area contributed by atoms with Crippen molar-refractivity contribution in [1.29, 1.82) is 0 Å². The molecule has 5 aromatic rings. The predicted octanol–water partition coefficient (Wildman–Crippen LogP) is 8.23. The molecule has 4 aromatic carbocycles. The van der Waals surface area contributed by atoms with Crippen LogP contribution in [-0.4, -0.2) is 52.1 Å². The summed E-state index contributed by atoms with van der Waals surface area (Å²) in [5.41, 5.74) is 4.55. The number of alkyl halides is 3. The van der Waals surface area contributed by atoms with Gasteiger partial charge in [-0.3, -0.25) is 9.69 Å². The number of carbonyl (C=O) groups is 3. The van der Waals surface area contributed by atoms with E-state index in [4.69, 9.17) is 5.11 Å². The second kappa shape index (κ2) is 15.7. The molecule has 268 valence electrons. The Labute approximate surface area is 300 Å². The average Bonchev–Trinajstić information content (AvgIpc) is 3.58. The van der Waals surface area contributed by atoms with Gasteiger partial charge >= 0.3 is 18.4 Å². The second-order valence-corrected chi connectivity index (χ2v) is 13.1. The minimum absolute atomic E-state index is 0.0491. The van der Waals surface area contributed by atoms with Crippen LogP contribution in [0.2, 0.25) is 0 Å². The third-order valence-electron chi connectivity index (χ3n) is 8.36. The van der Waals surface area contributed by atoms with Gasteiger partial charge in [0, 0.05) is 16.9 Å². The van der Waals surface area contributed by atoms with E-state index in [1.54, 1.807) is 30.3 Å². The summed E-state index contributed by atoms with van der Waals surface area (Å²) >= 11 is 1.19. The Bertz CT molecular complexity index is 2080. The van der Waals surface area contributed by atoms with Gasteiger partial charge in [-0.05, 0) is 97.0 Å². The summed E-state index contributed by atoms with van der Waals surface area (Å²) in [5, 5.41) is 23.8. The molecule has 1 aliphatic rings. The fourth-order valence-corrected chi connectivity index (χ4v) is 6.71. The Morgan fingerprint density at radius 1 is 0.962 bits per heavy atom. The predicted molar refractivity (Wildman–Crippen MR) is 192 cm³/mol. The highest BCUT2D eigenvalue weighted by atomic mass is 32.1. The normalized spacial score (nSPS) is 13.6. The third-order valence-corrected chi connectivity index (χ3v) is 9.43. The zero-order chi connectivity index (χ0) is 36.8. The summed E-state index contributed by atoms with van der Waals surface area (Å²) in [5.74, 6) is -2.51. The van der Waals surface area contributed by atoms with Gasteiger partial charge in [0.1, 0.15) is 10.8 Å². The molecule has 4 N–H and O–H groups in total. The molecule has 0 aliphatic heterocycles. The van der Waals surface area contributed by atoms with Gasteiger partial charge in [-0.2, -0.15) is 0 Å². The van der Waals surface area contributed by atoms with Crippen molar-refractivity contribution in [3.8, 4) is 16.3 Å². The molecule has 10 nitrogen and oxygen atoms in total. The molecule has 0 radical (unpaired) electrons. The van der Waals surface area contributed by atoms with E-state index in [0.717, 1.165) is 42.0 Å². The number of aliphatic hydroxyl groups is 1. The highest BCUT2D eigenvalue weighted by molar-refractivity contribution is 7.21. The number of benzene rings is 4. The van der Waals surface area contributed by atoms with E-state index in [1.165, 1.54) is 46.1 Å². The zero-order valence-electron chi connectivity index (χ0n) is 27.5. The number of nitrogens with one attached hydrogen (secondary N) is 2. The summed E-state index contributed by atoms with van der Waals surface area (Å²) in [6.07, 6.45) is -0.273. The molecule has 3 amide bonds. The van der Waals surface area contributed by atoms with Crippen molar-refractivity contribution in [2.24, 2.45) is 0 Å². The van der Waals surface area contributed by atoms with Crippen LogP contribution in [0.25, 0.3) is 26.4 Å². The lowest BCUT2D eigenvalue weighted by atomic mass is 9.93. The van der Waals surface area contributed by atoms with E-state index in [-0.39, 0.29) is 28.4 Å². The topological polar surface area (TPSA) is 141 Å². The number of hydrogen-bond donors (Lipinski definition) is 4. The minimum Gasteiger partial charge on any atom is -0.479 e. The second-order valence-electron chi connectivity index (χ2n) is 12.0. The van der Waals surface area contributed by atoms with E-state index >= 15 is 0 Å². The summed E-state index contributed by atoms with van der Waals surface area (Å²) in [6.45, 7) is -0.422. The number of anilines is 2. The molecule has 52 heavy (non-hydrogen) atoms. The fraction of sp³-hybridized carbons (Fsp3) is 0.211. The van der Waals surface area contributed by atoms with Gasteiger partial charge in [-0.25, -0.2) is 14.6 Å². The molecule has 0 fully saturated rings. The number of rotatable bonds is 11. The molecule has 1 heterocycles. The molecule has 6 rings (SSSR count). The number of allylic oxidation sites excluding steroid dienone is 2. The van der Waals surface area contributed by atoms with Crippen molar-refractivity contribution >= 4 is 56.4 Å². The van der Waals surface area contributed by atoms with Gasteiger partial charge in [0.05, 0.1) is 28.9 Å². The smallest absolute Gasteiger partial charge is 0.479 e. The van der Waals surface area contributed by atoms with Crippen LogP contribution in [0, 0.1) is 0 Å². The third kappa shape index (κ3) is 8.94. The minimum atomic E-state index is -4.96. The summed E-state index contributed by atoms with van der Waals surface area (Å²) in [7, 11) is 0. The van der Waals surface area contributed by atoms with E-state index in [1.807, 2.05) is 30.3 Å². The van der Waals surface area contributed by atoms with Crippen molar-refractivity contribution in [2.75, 3.05) is 16.8 Å². The van der Waals surface area contributed by atoms with Gasteiger partial charge < -0.3 is 25.6 Å². The van der Waals surface area contributed by atoms with Gasteiger partial charge in [-0.15, -0.1) is 24.5 Å². The maximum Gasteiger partial charge on any atom is 0.573 e. The Balaban J connectivity index is 1.28. The highest BCUT2D eigenvalue weighted by Crippen LogP contribution is 2.40. The van der Waals surface area contributed by atoms with E-state index in [0.29, 0.717) is 16.8 Å². The number of carbonyl (C=O) groups excluding carboxylic acids is 2. The molecule has 1 aliphatic carbocycles. The van der Waals surface area contributed by atoms with Crippen molar-refractivity contribution in [2.45, 2.75) is 44.7 Å². The Morgan fingerprint density at radius 3 is 2.38 bits per heavy atom. The van der Waals surface area contributed by atoms with Crippen LogP contribution >= 0.6 is 11.3 Å². The number of carboxylic acid groups (broad SMARTS) is 1. The lowest BCUT2D eigenvalue weighted by molar-refractivity contribution is -0.274. The van der Waals surface area contributed by atoms with E-state index < -0.39 is 42.7 Å². The van der Waals surface area contributed by atoms with Crippen LogP contribution in [0.1, 0.15) is 47.2 Å². The van der Waals surface area contributed by atoms with Crippen LogP contribution in [0.15, 0.2) is 97.1 Å². The fourth-order valence-electron chi connectivity index (χ4n) is 5.73. The number of ether oxygens (including phenoxy) is 1. The number of carboxylic acids is 1.